The Hall–Kier alpha value is -0.160. The monoisotopic (exact) mass is 487 g/mol. The fourth-order valence-electron chi connectivity index (χ4n) is 1.15. The normalized spacial score (nSPS) is 8.09. The van der Waals surface area contributed by atoms with Crippen LogP contribution in [-0.2, 0) is 25.8 Å². The maximum Gasteiger partial charge on any atom is 4.00 e. The van der Waals surface area contributed by atoms with Crippen LogP contribution in [0.2, 0.25) is 0 Å². The summed E-state index contributed by atoms with van der Waals surface area (Å²) >= 11 is 0. The standard InChI is InChI=1S/C7H7.3C4H10N.Hf/c1-7-5-3-2-4-6-7;3*1-3-5-4-2;/h2-6H,1H2;3*3-4H2,1-2H3;/q4*-1;+4. The van der Waals surface area contributed by atoms with Crippen molar-refractivity contribution in [3.05, 3.63) is 58.8 Å². The maximum atomic E-state index is 3.97. The van der Waals surface area contributed by atoms with Crippen molar-refractivity contribution in [2.24, 2.45) is 0 Å². The number of rotatable bonds is 6. The largest absolute Gasteiger partial charge is 4.00 e. The second-order valence-electron chi connectivity index (χ2n) is 4.05. The van der Waals surface area contributed by atoms with Crippen LogP contribution in [-0.4, -0.2) is 39.3 Å². The molecule has 0 saturated carbocycles. The summed E-state index contributed by atoms with van der Waals surface area (Å²) in [6.07, 6.45) is 0. The van der Waals surface area contributed by atoms with Crippen molar-refractivity contribution in [3.8, 4) is 0 Å². The Morgan fingerprint density at radius 3 is 0.957 bits per heavy atom. The first-order valence-corrected chi connectivity index (χ1v) is 8.40. The van der Waals surface area contributed by atoms with E-state index in [0.29, 0.717) is 0 Å². The molecule has 0 atom stereocenters. The number of hydrogen-bond acceptors (Lipinski definition) is 0. The van der Waals surface area contributed by atoms with Gasteiger partial charge in [-0.2, -0.15) is 63.9 Å². The van der Waals surface area contributed by atoms with Gasteiger partial charge in [0, 0.05) is 0 Å². The van der Waals surface area contributed by atoms with E-state index in [4.69, 9.17) is 0 Å². The van der Waals surface area contributed by atoms with Gasteiger partial charge in [0.2, 0.25) is 0 Å². The van der Waals surface area contributed by atoms with Crippen LogP contribution in [0.5, 0.6) is 0 Å². The molecule has 23 heavy (non-hydrogen) atoms. The van der Waals surface area contributed by atoms with Gasteiger partial charge in [0.15, 0.2) is 0 Å². The van der Waals surface area contributed by atoms with E-state index in [0.717, 1.165) is 44.8 Å². The van der Waals surface area contributed by atoms with Gasteiger partial charge < -0.3 is 16.0 Å². The van der Waals surface area contributed by atoms with E-state index in [9.17, 15) is 0 Å². The Labute approximate surface area is 165 Å². The van der Waals surface area contributed by atoms with E-state index in [1.807, 2.05) is 71.9 Å². The zero-order chi connectivity index (χ0) is 17.5. The van der Waals surface area contributed by atoms with Crippen LogP contribution in [0, 0.1) is 6.92 Å². The van der Waals surface area contributed by atoms with Crippen molar-refractivity contribution < 1.29 is 25.8 Å². The van der Waals surface area contributed by atoms with Gasteiger partial charge >= 0.3 is 25.8 Å². The first kappa shape index (κ1) is 30.7. The fourth-order valence-corrected chi connectivity index (χ4v) is 1.15. The Morgan fingerprint density at radius 2 is 0.870 bits per heavy atom. The van der Waals surface area contributed by atoms with Crippen LogP contribution in [0.3, 0.4) is 0 Å². The molecular formula is C19H37HfN3. The molecule has 0 bridgehead atoms. The van der Waals surface area contributed by atoms with Gasteiger partial charge in [-0.25, -0.2) is 0 Å². The first-order valence-electron chi connectivity index (χ1n) is 8.40. The Kier molecular flexibility index (Phi) is 44.6. The second-order valence-corrected chi connectivity index (χ2v) is 4.05. The third kappa shape index (κ3) is 44.9. The molecule has 0 aromatic heterocycles. The van der Waals surface area contributed by atoms with Crippen molar-refractivity contribution in [2.45, 2.75) is 41.5 Å². The number of hydrogen-bond donors (Lipinski definition) is 0. The molecular weight excluding hydrogens is 449 g/mol. The summed E-state index contributed by atoms with van der Waals surface area (Å²) in [5.41, 5.74) is 1.07. The van der Waals surface area contributed by atoms with Gasteiger partial charge in [-0.3, -0.25) is 0 Å². The Bertz CT molecular complexity index is 236. The van der Waals surface area contributed by atoms with Crippen molar-refractivity contribution in [3.63, 3.8) is 0 Å². The molecule has 0 spiro atoms. The van der Waals surface area contributed by atoms with E-state index in [2.05, 4.69) is 22.9 Å². The predicted octanol–water partition coefficient (Wildman–Crippen LogP) is 6.07. The van der Waals surface area contributed by atoms with Crippen molar-refractivity contribution in [1.82, 2.24) is 0 Å². The molecule has 0 aliphatic heterocycles. The van der Waals surface area contributed by atoms with Crippen LogP contribution in [0.25, 0.3) is 16.0 Å². The maximum absolute atomic E-state index is 3.97. The molecule has 0 radical (unpaired) electrons. The first-order chi connectivity index (χ1) is 10.6. The molecule has 0 N–H and O–H groups in total. The van der Waals surface area contributed by atoms with Gasteiger partial charge in [-0.15, -0.1) is 12.1 Å². The second kappa shape index (κ2) is 33.4. The molecule has 4 heteroatoms. The predicted molar refractivity (Wildman–Crippen MR) is 104 cm³/mol. The van der Waals surface area contributed by atoms with E-state index < -0.39 is 0 Å². The topological polar surface area (TPSA) is 42.3 Å². The average Bonchev–Trinajstić information content (AvgIpc) is 2.52. The molecule has 1 aromatic carbocycles. The van der Waals surface area contributed by atoms with Crippen LogP contribution in [0.4, 0.5) is 0 Å². The summed E-state index contributed by atoms with van der Waals surface area (Å²) in [5.74, 6) is 0. The van der Waals surface area contributed by atoms with Crippen LogP contribution in [0.15, 0.2) is 30.3 Å². The molecule has 132 valence electrons. The molecule has 1 aromatic rings. The zero-order valence-corrected chi connectivity index (χ0v) is 19.8. The molecule has 3 nitrogen and oxygen atoms in total. The summed E-state index contributed by atoms with van der Waals surface area (Å²) in [5, 5.41) is 11.9. The van der Waals surface area contributed by atoms with E-state index >= 15 is 0 Å². The molecule has 0 aliphatic carbocycles. The molecule has 0 fully saturated rings. The van der Waals surface area contributed by atoms with Gasteiger partial charge in [-0.05, 0) is 0 Å². The SMILES string of the molecule is CC[N-]CC.CC[N-]CC.CC[N-]CC.[CH2-]c1ccccc1.[Hf+4]. The van der Waals surface area contributed by atoms with E-state index in [1.54, 1.807) is 0 Å². The molecule has 0 saturated heterocycles. The number of nitrogens with zero attached hydrogens (tertiary/aromatic N) is 3. The number of benzene rings is 1. The Balaban J connectivity index is -0.000000105. The molecule has 0 aliphatic rings. The van der Waals surface area contributed by atoms with Crippen LogP contribution >= 0.6 is 0 Å². The minimum absolute atomic E-state index is 0. The summed E-state index contributed by atoms with van der Waals surface area (Å²) in [4.78, 5) is 0. The van der Waals surface area contributed by atoms with Crippen molar-refractivity contribution in [1.29, 1.82) is 0 Å². The van der Waals surface area contributed by atoms with Crippen LogP contribution < -0.4 is 0 Å². The van der Waals surface area contributed by atoms with E-state index in [-0.39, 0.29) is 25.8 Å². The molecule has 1 rings (SSSR count). The molecule has 0 amide bonds. The fraction of sp³-hybridized carbons (Fsp3) is 0.632. The van der Waals surface area contributed by atoms with Gasteiger partial charge in [0.1, 0.15) is 0 Å². The summed E-state index contributed by atoms with van der Waals surface area (Å²) in [7, 11) is 0. The van der Waals surface area contributed by atoms with E-state index in [1.165, 1.54) is 0 Å². The minimum atomic E-state index is 0. The minimum Gasteiger partial charge on any atom is -0.663 e. The van der Waals surface area contributed by atoms with Gasteiger partial charge in [0.05, 0.1) is 0 Å². The third-order valence-electron chi connectivity index (χ3n) is 2.18. The molecule has 0 heterocycles. The summed E-state index contributed by atoms with van der Waals surface area (Å²) in [6, 6.07) is 9.87. The van der Waals surface area contributed by atoms with Crippen molar-refractivity contribution >= 4 is 0 Å². The van der Waals surface area contributed by atoms with Gasteiger partial charge in [0.25, 0.3) is 0 Å². The van der Waals surface area contributed by atoms with Crippen molar-refractivity contribution in [2.75, 3.05) is 39.3 Å². The van der Waals surface area contributed by atoms with Crippen LogP contribution in [0.1, 0.15) is 47.1 Å². The third-order valence-corrected chi connectivity index (χ3v) is 2.18. The molecule has 0 unspecified atom stereocenters. The smallest absolute Gasteiger partial charge is 0.663 e. The quantitative estimate of drug-likeness (QED) is 0.347. The average molecular weight is 486 g/mol. The summed E-state index contributed by atoms with van der Waals surface area (Å²) < 4.78 is 0. The summed E-state index contributed by atoms with van der Waals surface area (Å²) in [6.45, 7) is 21.8. The zero-order valence-electron chi connectivity index (χ0n) is 16.2. The Morgan fingerprint density at radius 1 is 0.609 bits per heavy atom. The van der Waals surface area contributed by atoms with Gasteiger partial charge in [-0.1, -0.05) is 47.6 Å².